The minimum Gasteiger partial charge on any atom is -0.488 e. The summed E-state index contributed by atoms with van der Waals surface area (Å²) < 4.78 is 18.8. The standard InChI is InChI=1S/C13H15FN2O/c1-2-16(6-5-15)9-12-8-10-7-11(14)3-4-13(10)17-12/h3-4,7,12H,2,6,8-9H2,1H3. The lowest BCUT2D eigenvalue weighted by Gasteiger charge is -2.20. The van der Waals surface area contributed by atoms with Crippen molar-refractivity contribution in [3.63, 3.8) is 0 Å². The molecule has 0 amide bonds. The van der Waals surface area contributed by atoms with Crippen molar-refractivity contribution in [2.45, 2.75) is 19.4 Å². The quantitative estimate of drug-likeness (QED) is 0.747. The molecule has 0 saturated heterocycles. The molecule has 90 valence electrons. The van der Waals surface area contributed by atoms with E-state index in [1.807, 2.05) is 11.8 Å². The molecule has 0 fully saturated rings. The van der Waals surface area contributed by atoms with E-state index in [4.69, 9.17) is 10.00 Å². The van der Waals surface area contributed by atoms with Gasteiger partial charge in [-0.1, -0.05) is 6.92 Å². The Balaban J connectivity index is 1.98. The molecule has 0 bridgehead atoms. The molecule has 1 aromatic carbocycles. The van der Waals surface area contributed by atoms with Crippen LogP contribution in [-0.2, 0) is 6.42 Å². The molecule has 1 atom stereocenters. The zero-order valence-electron chi connectivity index (χ0n) is 9.82. The maximum absolute atomic E-state index is 13.0. The number of rotatable bonds is 4. The van der Waals surface area contributed by atoms with Gasteiger partial charge in [0.2, 0.25) is 0 Å². The van der Waals surface area contributed by atoms with E-state index >= 15 is 0 Å². The van der Waals surface area contributed by atoms with Gasteiger partial charge >= 0.3 is 0 Å². The van der Waals surface area contributed by atoms with Crippen molar-refractivity contribution in [1.29, 1.82) is 5.26 Å². The highest BCUT2D eigenvalue weighted by Gasteiger charge is 2.24. The van der Waals surface area contributed by atoms with E-state index in [9.17, 15) is 4.39 Å². The third-order valence-electron chi connectivity index (χ3n) is 2.97. The SMILES string of the molecule is CCN(CC#N)CC1Cc2cc(F)ccc2O1. The molecular weight excluding hydrogens is 219 g/mol. The van der Waals surface area contributed by atoms with Crippen LogP contribution in [0.3, 0.4) is 0 Å². The third-order valence-corrected chi connectivity index (χ3v) is 2.97. The van der Waals surface area contributed by atoms with Crippen molar-refractivity contribution in [2.24, 2.45) is 0 Å². The zero-order chi connectivity index (χ0) is 12.3. The molecule has 0 spiro atoms. The maximum atomic E-state index is 13.0. The van der Waals surface area contributed by atoms with Gasteiger partial charge in [0.05, 0.1) is 12.6 Å². The summed E-state index contributed by atoms with van der Waals surface area (Å²) in [6.45, 7) is 3.94. The summed E-state index contributed by atoms with van der Waals surface area (Å²) in [7, 11) is 0. The summed E-state index contributed by atoms with van der Waals surface area (Å²) in [6, 6.07) is 6.74. The van der Waals surface area contributed by atoms with Gasteiger partial charge in [0.25, 0.3) is 0 Å². The molecule has 0 aromatic heterocycles. The number of hydrogen-bond donors (Lipinski definition) is 0. The fourth-order valence-electron chi connectivity index (χ4n) is 2.08. The molecule has 0 saturated carbocycles. The van der Waals surface area contributed by atoms with E-state index < -0.39 is 0 Å². The molecular formula is C13H15FN2O. The topological polar surface area (TPSA) is 36.3 Å². The summed E-state index contributed by atoms with van der Waals surface area (Å²) in [4.78, 5) is 2.02. The first kappa shape index (κ1) is 11.9. The first-order valence-electron chi connectivity index (χ1n) is 5.77. The Hall–Kier alpha value is -1.60. The van der Waals surface area contributed by atoms with Crippen LogP contribution < -0.4 is 4.74 Å². The van der Waals surface area contributed by atoms with Crippen molar-refractivity contribution in [3.05, 3.63) is 29.6 Å². The lowest BCUT2D eigenvalue weighted by atomic mass is 10.1. The van der Waals surface area contributed by atoms with E-state index in [1.165, 1.54) is 12.1 Å². The van der Waals surface area contributed by atoms with Gasteiger partial charge in [-0.2, -0.15) is 5.26 Å². The summed E-state index contributed by atoms with van der Waals surface area (Å²) in [5.41, 5.74) is 0.919. The molecule has 2 rings (SSSR count). The van der Waals surface area contributed by atoms with Gasteiger partial charge < -0.3 is 4.74 Å². The lowest BCUT2D eigenvalue weighted by Crippen LogP contribution is -2.34. The first-order chi connectivity index (χ1) is 8.22. The molecule has 0 aliphatic carbocycles. The number of halogens is 1. The Morgan fingerprint density at radius 3 is 3.12 bits per heavy atom. The Bertz CT molecular complexity index is 442. The number of ether oxygens (including phenoxy) is 1. The van der Waals surface area contributed by atoms with Crippen LogP contribution in [0.25, 0.3) is 0 Å². The molecule has 1 aliphatic heterocycles. The van der Waals surface area contributed by atoms with Gasteiger partial charge in [-0.3, -0.25) is 4.90 Å². The predicted octanol–water partition coefficient (Wildman–Crippen LogP) is 1.97. The normalized spacial score (nSPS) is 17.6. The molecule has 17 heavy (non-hydrogen) atoms. The number of likely N-dealkylation sites (N-methyl/N-ethyl adjacent to an activating group) is 1. The highest BCUT2D eigenvalue weighted by Crippen LogP contribution is 2.29. The Kier molecular flexibility index (Phi) is 3.60. The number of nitriles is 1. The van der Waals surface area contributed by atoms with E-state index in [2.05, 4.69) is 6.07 Å². The molecule has 1 unspecified atom stereocenters. The van der Waals surface area contributed by atoms with E-state index in [-0.39, 0.29) is 11.9 Å². The highest BCUT2D eigenvalue weighted by molar-refractivity contribution is 5.37. The van der Waals surface area contributed by atoms with Gasteiger partial charge in [0.15, 0.2) is 0 Å². The number of benzene rings is 1. The molecule has 1 heterocycles. The van der Waals surface area contributed by atoms with Crippen LogP contribution in [0.15, 0.2) is 18.2 Å². The van der Waals surface area contributed by atoms with Gasteiger partial charge in [-0.05, 0) is 24.7 Å². The van der Waals surface area contributed by atoms with Crippen molar-refractivity contribution in [3.8, 4) is 11.8 Å². The smallest absolute Gasteiger partial charge is 0.123 e. The number of fused-ring (bicyclic) bond motifs is 1. The van der Waals surface area contributed by atoms with Crippen LogP contribution in [-0.4, -0.2) is 30.6 Å². The molecule has 0 N–H and O–H groups in total. The summed E-state index contributed by atoms with van der Waals surface area (Å²) >= 11 is 0. The monoisotopic (exact) mass is 234 g/mol. The van der Waals surface area contributed by atoms with Gasteiger partial charge in [-0.15, -0.1) is 0 Å². The third kappa shape index (κ3) is 2.75. The van der Waals surface area contributed by atoms with Gasteiger partial charge in [0, 0.05) is 18.5 Å². The molecule has 1 aromatic rings. The van der Waals surface area contributed by atoms with Crippen LogP contribution in [0.2, 0.25) is 0 Å². The van der Waals surface area contributed by atoms with Crippen LogP contribution >= 0.6 is 0 Å². The second kappa shape index (κ2) is 5.15. The minimum atomic E-state index is -0.225. The average Bonchev–Trinajstić information content (AvgIpc) is 2.69. The maximum Gasteiger partial charge on any atom is 0.123 e. The second-order valence-corrected chi connectivity index (χ2v) is 4.18. The Morgan fingerprint density at radius 2 is 2.41 bits per heavy atom. The zero-order valence-corrected chi connectivity index (χ0v) is 9.82. The minimum absolute atomic E-state index is 0.0279. The largest absolute Gasteiger partial charge is 0.488 e. The lowest BCUT2D eigenvalue weighted by molar-refractivity contribution is 0.164. The molecule has 3 nitrogen and oxygen atoms in total. The van der Waals surface area contributed by atoms with Crippen LogP contribution in [0.4, 0.5) is 4.39 Å². The van der Waals surface area contributed by atoms with Crippen molar-refractivity contribution in [2.75, 3.05) is 19.6 Å². The summed E-state index contributed by atoms with van der Waals surface area (Å²) in [5, 5.41) is 8.67. The van der Waals surface area contributed by atoms with Gasteiger partial charge in [-0.25, -0.2) is 4.39 Å². The van der Waals surface area contributed by atoms with E-state index in [0.29, 0.717) is 13.1 Å². The van der Waals surface area contributed by atoms with Crippen LogP contribution in [0.5, 0.6) is 5.75 Å². The first-order valence-corrected chi connectivity index (χ1v) is 5.77. The van der Waals surface area contributed by atoms with Crippen molar-refractivity contribution < 1.29 is 9.13 Å². The van der Waals surface area contributed by atoms with Gasteiger partial charge in [0.1, 0.15) is 17.7 Å². The molecule has 4 heteroatoms. The Labute approximate surface area is 100 Å². The second-order valence-electron chi connectivity index (χ2n) is 4.18. The molecule has 0 radical (unpaired) electrons. The van der Waals surface area contributed by atoms with Crippen molar-refractivity contribution >= 4 is 0 Å². The molecule has 1 aliphatic rings. The van der Waals surface area contributed by atoms with Crippen LogP contribution in [0.1, 0.15) is 12.5 Å². The van der Waals surface area contributed by atoms with Crippen LogP contribution in [0, 0.1) is 17.1 Å². The van der Waals surface area contributed by atoms with E-state index in [1.54, 1.807) is 6.07 Å². The predicted molar refractivity (Wildman–Crippen MR) is 62.2 cm³/mol. The fraction of sp³-hybridized carbons (Fsp3) is 0.462. The summed E-state index contributed by atoms with van der Waals surface area (Å²) in [6.07, 6.45) is 0.745. The van der Waals surface area contributed by atoms with Crippen molar-refractivity contribution in [1.82, 2.24) is 4.90 Å². The fourth-order valence-corrected chi connectivity index (χ4v) is 2.08. The number of hydrogen-bond acceptors (Lipinski definition) is 3. The van der Waals surface area contributed by atoms with E-state index in [0.717, 1.165) is 24.3 Å². The summed E-state index contributed by atoms with van der Waals surface area (Å²) in [5.74, 6) is 0.543. The highest BCUT2D eigenvalue weighted by atomic mass is 19.1. The number of nitrogens with zero attached hydrogens (tertiary/aromatic N) is 2. The Morgan fingerprint density at radius 1 is 1.59 bits per heavy atom. The average molecular weight is 234 g/mol.